The molecule has 1 aliphatic heterocycles. The first kappa shape index (κ1) is 19.4. The molecule has 0 bridgehead atoms. The highest BCUT2D eigenvalue weighted by Crippen LogP contribution is 2.29. The molecule has 4 rings (SSSR count). The van der Waals surface area contributed by atoms with E-state index in [4.69, 9.17) is 4.74 Å². The summed E-state index contributed by atoms with van der Waals surface area (Å²) in [5, 5.41) is 13.0. The van der Waals surface area contributed by atoms with Crippen LogP contribution in [-0.2, 0) is 21.3 Å². The highest BCUT2D eigenvalue weighted by Gasteiger charge is 2.27. The number of aliphatic hydroxyl groups excluding tert-OH is 1. The Morgan fingerprint density at radius 1 is 1.14 bits per heavy atom. The number of sulfonamides is 1. The van der Waals surface area contributed by atoms with Crippen LogP contribution in [0, 0.1) is 0 Å². The maximum absolute atomic E-state index is 12.2. The third-order valence-corrected chi connectivity index (χ3v) is 6.62. The van der Waals surface area contributed by atoms with E-state index in [1.807, 2.05) is 36.4 Å². The fraction of sp³-hybridized carbons (Fsp3) is 0.429. The van der Waals surface area contributed by atoms with Crippen LogP contribution in [0.25, 0.3) is 21.8 Å². The Hall–Kier alpha value is -1.93. The minimum Gasteiger partial charge on any atom is -0.390 e. The molecule has 1 saturated heterocycles. The van der Waals surface area contributed by atoms with Crippen molar-refractivity contribution in [2.24, 2.45) is 0 Å². The molecule has 1 fully saturated rings. The van der Waals surface area contributed by atoms with Crippen LogP contribution in [0.4, 0.5) is 0 Å². The standard InChI is InChI=1S/C21H26N2O4S/c1-28(25,26)22(15-17-7-6-12-27-17)13-16(24)14-23-20-10-4-2-8-18(20)19-9-3-5-11-21(19)23/h2-5,8-11,16-17,24H,6-7,12-15H2,1H3. The van der Waals surface area contributed by atoms with E-state index in [0.717, 1.165) is 34.6 Å². The number of aliphatic hydroxyl groups is 1. The number of aromatic nitrogens is 1. The predicted octanol–water partition coefficient (Wildman–Crippen LogP) is 2.60. The quantitative estimate of drug-likeness (QED) is 0.659. The average Bonchev–Trinajstić information content (AvgIpc) is 3.28. The minimum atomic E-state index is -3.43. The second-order valence-electron chi connectivity index (χ2n) is 7.51. The van der Waals surface area contributed by atoms with Crippen molar-refractivity contribution in [2.75, 3.05) is 26.0 Å². The Balaban J connectivity index is 1.59. The van der Waals surface area contributed by atoms with Gasteiger partial charge in [-0.1, -0.05) is 36.4 Å². The van der Waals surface area contributed by atoms with Gasteiger partial charge in [-0.15, -0.1) is 0 Å². The van der Waals surface area contributed by atoms with E-state index >= 15 is 0 Å². The first-order valence-electron chi connectivity index (χ1n) is 9.64. The minimum absolute atomic E-state index is 0.0551. The Labute approximate surface area is 165 Å². The molecule has 2 unspecified atom stereocenters. The normalized spacial score (nSPS) is 19.0. The lowest BCUT2D eigenvalue weighted by Crippen LogP contribution is -2.42. The average molecular weight is 403 g/mol. The highest BCUT2D eigenvalue weighted by atomic mass is 32.2. The summed E-state index contributed by atoms with van der Waals surface area (Å²) in [5.41, 5.74) is 2.07. The second-order valence-corrected chi connectivity index (χ2v) is 9.50. The molecule has 0 saturated carbocycles. The molecule has 2 atom stereocenters. The molecule has 6 nitrogen and oxygen atoms in total. The number of fused-ring (bicyclic) bond motifs is 3. The molecule has 1 aromatic heterocycles. The number of benzene rings is 2. The van der Waals surface area contributed by atoms with Crippen molar-refractivity contribution < 1.29 is 18.3 Å². The molecule has 2 aromatic carbocycles. The SMILES string of the molecule is CS(=O)(=O)N(CC(O)Cn1c2ccccc2c2ccccc21)CC1CCCO1. The zero-order chi connectivity index (χ0) is 19.7. The van der Waals surface area contributed by atoms with Gasteiger partial charge in [-0.05, 0) is 25.0 Å². The largest absolute Gasteiger partial charge is 0.390 e. The van der Waals surface area contributed by atoms with E-state index in [0.29, 0.717) is 19.7 Å². The van der Waals surface area contributed by atoms with Crippen LogP contribution in [-0.4, -0.2) is 60.6 Å². The molecule has 7 heteroatoms. The first-order valence-corrected chi connectivity index (χ1v) is 11.5. The van der Waals surface area contributed by atoms with Gasteiger partial charge in [0.2, 0.25) is 10.0 Å². The first-order chi connectivity index (χ1) is 13.4. The fourth-order valence-corrected chi connectivity index (χ4v) is 4.94. The lowest BCUT2D eigenvalue weighted by molar-refractivity contribution is 0.0753. The van der Waals surface area contributed by atoms with E-state index in [-0.39, 0.29) is 12.6 Å². The molecule has 1 N–H and O–H groups in total. The summed E-state index contributed by atoms with van der Waals surface area (Å²) in [6, 6.07) is 16.2. The van der Waals surface area contributed by atoms with Crippen LogP contribution in [0.2, 0.25) is 0 Å². The van der Waals surface area contributed by atoms with Crippen molar-refractivity contribution in [1.29, 1.82) is 0 Å². The predicted molar refractivity (Wildman–Crippen MR) is 111 cm³/mol. The topological polar surface area (TPSA) is 71.8 Å². The maximum Gasteiger partial charge on any atom is 0.211 e. The molecule has 2 heterocycles. The highest BCUT2D eigenvalue weighted by molar-refractivity contribution is 7.88. The van der Waals surface area contributed by atoms with E-state index in [2.05, 4.69) is 16.7 Å². The zero-order valence-corrected chi connectivity index (χ0v) is 16.8. The van der Waals surface area contributed by atoms with E-state index in [1.54, 1.807) is 0 Å². The Kier molecular flexibility index (Phi) is 5.42. The van der Waals surface area contributed by atoms with Gasteiger partial charge >= 0.3 is 0 Å². The van der Waals surface area contributed by atoms with E-state index in [9.17, 15) is 13.5 Å². The molecule has 0 amide bonds. The van der Waals surface area contributed by atoms with Gasteiger partial charge < -0.3 is 14.4 Å². The zero-order valence-electron chi connectivity index (χ0n) is 16.0. The van der Waals surface area contributed by atoms with Crippen molar-refractivity contribution in [3.8, 4) is 0 Å². The van der Waals surface area contributed by atoms with Crippen LogP contribution >= 0.6 is 0 Å². The lowest BCUT2D eigenvalue weighted by Gasteiger charge is -2.26. The maximum atomic E-state index is 12.2. The van der Waals surface area contributed by atoms with Gasteiger partial charge in [0.15, 0.2) is 0 Å². The van der Waals surface area contributed by atoms with Crippen LogP contribution in [0.1, 0.15) is 12.8 Å². The third kappa shape index (κ3) is 3.93. The summed E-state index contributed by atoms with van der Waals surface area (Å²) in [6.45, 7) is 1.35. The van der Waals surface area contributed by atoms with Crippen LogP contribution in [0.3, 0.4) is 0 Å². The molecule has 1 aliphatic rings. The second kappa shape index (κ2) is 7.83. The van der Waals surface area contributed by atoms with Crippen molar-refractivity contribution in [2.45, 2.75) is 31.6 Å². The lowest BCUT2D eigenvalue weighted by atomic mass is 10.2. The van der Waals surface area contributed by atoms with Gasteiger partial charge in [0.05, 0.1) is 25.0 Å². The van der Waals surface area contributed by atoms with Crippen molar-refractivity contribution >= 4 is 31.8 Å². The van der Waals surface area contributed by atoms with Gasteiger partial charge in [-0.2, -0.15) is 4.31 Å². The van der Waals surface area contributed by atoms with Crippen molar-refractivity contribution in [3.63, 3.8) is 0 Å². The van der Waals surface area contributed by atoms with Gasteiger partial charge in [-0.25, -0.2) is 8.42 Å². The smallest absolute Gasteiger partial charge is 0.211 e. The number of hydrogen-bond donors (Lipinski definition) is 1. The Bertz CT molecular complexity index is 1020. The summed E-state index contributed by atoms with van der Waals surface area (Å²) in [5.74, 6) is 0. The number of rotatable bonds is 7. The third-order valence-electron chi connectivity index (χ3n) is 5.39. The van der Waals surface area contributed by atoms with Crippen LogP contribution < -0.4 is 0 Å². The molecule has 150 valence electrons. The summed E-state index contributed by atoms with van der Waals surface area (Å²) in [4.78, 5) is 0. The van der Waals surface area contributed by atoms with Crippen molar-refractivity contribution in [3.05, 3.63) is 48.5 Å². The molecular weight excluding hydrogens is 376 g/mol. The molecular formula is C21H26N2O4S. The summed E-state index contributed by atoms with van der Waals surface area (Å²) in [6.07, 6.45) is 2.08. The van der Waals surface area contributed by atoms with Gasteiger partial charge in [0.25, 0.3) is 0 Å². The summed E-state index contributed by atoms with van der Waals surface area (Å²) < 4.78 is 33.5. The monoisotopic (exact) mass is 402 g/mol. The van der Waals surface area contributed by atoms with E-state index < -0.39 is 16.1 Å². The molecule has 0 aliphatic carbocycles. The van der Waals surface area contributed by atoms with Crippen LogP contribution in [0.15, 0.2) is 48.5 Å². The molecule has 28 heavy (non-hydrogen) atoms. The summed E-state index contributed by atoms with van der Waals surface area (Å²) >= 11 is 0. The number of ether oxygens (including phenoxy) is 1. The number of hydrogen-bond acceptors (Lipinski definition) is 4. The molecule has 3 aromatic rings. The number of para-hydroxylation sites is 2. The number of nitrogens with zero attached hydrogens (tertiary/aromatic N) is 2. The van der Waals surface area contributed by atoms with Gasteiger partial charge in [0.1, 0.15) is 0 Å². The Morgan fingerprint density at radius 2 is 1.75 bits per heavy atom. The van der Waals surface area contributed by atoms with Crippen molar-refractivity contribution in [1.82, 2.24) is 8.87 Å². The molecule has 0 spiro atoms. The van der Waals surface area contributed by atoms with Gasteiger partial charge in [-0.3, -0.25) is 0 Å². The fourth-order valence-electron chi connectivity index (χ4n) is 4.06. The molecule has 0 radical (unpaired) electrons. The van der Waals surface area contributed by atoms with E-state index in [1.165, 1.54) is 10.6 Å². The summed E-state index contributed by atoms with van der Waals surface area (Å²) in [7, 11) is -3.43. The van der Waals surface area contributed by atoms with Crippen LogP contribution in [0.5, 0.6) is 0 Å². The van der Waals surface area contributed by atoms with Gasteiger partial charge in [0, 0.05) is 41.5 Å². The Morgan fingerprint density at radius 3 is 2.29 bits per heavy atom.